The van der Waals surface area contributed by atoms with Crippen molar-refractivity contribution < 1.29 is 9.69 Å². The second-order valence-corrected chi connectivity index (χ2v) is 8.61. The Hall–Kier alpha value is -2.12. The van der Waals surface area contributed by atoms with E-state index in [1.54, 1.807) is 11.8 Å². The molecule has 3 rings (SSSR count). The number of amides is 1. The molecule has 7 heteroatoms. The van der Waals surface area contributed by atoms with Crippen LogP contribution in [0.25, 0.3) is 0 Å². The lowest BCUT2D eigenvalue weighted by atomic mass is 10.1. The Morgan fingerprint density at radius 2 is 1.79 bits per heavy atom. The number of likely N-dealkylation sites (N-methyl/N-ethyl adjacent to an activating group) is 1. The molecular formula is C21H30N5OS+. The van der Waals surface area contributed by atoms with Crippen LogP contribution < -0.4 is 9.80 Å². The van der Waals surface area contributed by atoms with Crippen LogP contribution >= 0.6 is 11.8 Å². The number of thioether (sulfide) groups is 1. The third kappa shape index (κ3) is 4.83. The van der Waals surface area contributed by atoms with Crippen LogP contribution in [0.5, 0.6) is 0 Å². The van der Waals surface area contributed by atoms with Crippen LogP contribution in [-0.4, -0.2) is 68.1 Å². The van der Waals surface area contributed by atoms with Crippen LogP contribution in [-0.2, 0) is 5.75 Å². The Labute approximate surface area is 172 Å². The molecule has 1 amide bonds. The summed E-state index contributed by atoms with van der Waals surface area (Å²) in [5.74, 6) is 1.88. The number of aromatic nitrogens is 2. The first-order valence-electron chi connectivity index (χ1n) is 9.70. The number of nitrogens with one attached hydrogen (secondary N) is 1. The van der Waals surface area contributed by atoms with E-state index in [-0.39, 0.29) is 5.91 Å². The van der Waals surface area contributed by atoms with E-state index in [0.29, 0.717) is 0 Å². The molecule has 1 N–H and O–H groups in total. The Morgan fingerprint density at radius 1 is 1.14 bits per heavy atom. The second-order valence-electron chi connectivity index (χ2n) is 7.67. The number of carbonyl (C=O) groups excluding carboxylic acids is 1. The highest BCUT2D eigenvalue weighted by Crippen LogP contribution is 2.25. The maximum absolute atomic E-state index is 12.7. The van der Waals surface area contributed by atoms with Crippen molar-refractivity contribution in [2.24, 2.45) is 0 Å². The molecule has 0 bridgehead atoms. The maximum Gasteiger partial charge on any atom is 0.254 e. The van der Waals surface area contributed by atoms with Crippen molar-refractivity contribution in [2.75, 3.05) is 52.2 Å². The zero-order chi connectivity index (χ0) is 20.3. The summed E-state index contributed by atoms with van der Waals surface area (Å²) in [4.78, 5) is 27.4. The van der Waals surface area contributed by atoms with E-state index >= 15 is 0 Å². The molecule has 0 atom stereocenters. The van der Waals surface area contributed by atoms with Gasteiger partial charge in [-0.05, 0) is 31.5 Å². The maximum atomic E-state index is 12.7. The molecule has 1 aromatic heterocycles. The molecule has 0 spiro atoms. The summed E-state index contributed by atoms with van der Waals surface area (Å²) >= 11 is 1.62. The average Bonchev–Trinajstić information content (AvgIpc) is 2.69. The molecule has 1 aromatic carbocycles. The Morgan fingerprint density at radius 3 is 2.39 bits per heavy atom. The van der Waals surface area contributed by atoms with E-state index in [2.05, 4.69) is 23.9 Å². The number of nitrogens with zero attached hydrogens (tertiary/aromatic N) is 4. The number of carbonyl (C=O) groups is 1. The number of anilines is 1. The summed E-state index contributed by atoms with van der Waals surface area (Å²) in [6.45, 7) is 7.78. The first-order valence-corrected chi connectivity index (χ1v) is 10.7. The molecule has 0 unspecified atom stereocenters. The summed E-state index contributed by atoms with van der Waals surface area (Å²) in [6, 6.07) is 7.96. The second kappa shape index (κ2) is 8.92. The zero-order valence-corrected chi connectivity index (χ0v) is 18.3. The van der Waals surface area contributed by atoms with Crippen molar-refractivity contribution in [2.45, 2.75) is 24.8 Å². The van der Waals surface area contributed by atoms with Gasteiger partial charge in [-0.3, -0.25) is 4.79 Å². The lowest BCUT2D eigenvalue weighted by Crippen LogP contribution is -3.12. The van der Waals surface area contributed by atoms with Gasteiger partial charge in [-0.1, -0.05) is 23.9 Å². The third-order valence-corrected chi connectivity index (χ3v) is 6.16. The van der Waals surface area contributed by atoms with Gasteiger partial charge < -0.3 is 14.7 Å². The number of benzene rings is 1. The Bertz CT molecular complexity index is 829. The minimum atomic E-state index is 0.139. The highest BCUT2D eigenvalue weighted by molar-refractivity contribution is 7.98. The fourth-order valence-corrected chi connectivity index (χ4v) is 4.09. The normalized spacial score (nSPS) is 15.0. The average molecular weight is 401 g/mol. The van der Waals surface area contributed by atoms with Crippen LogP contribution in [0.3, 0.4) is 0 Å². The van der Waals surface area contributed by atoms with Crippen molar-refractivity contribution in [3.05, 3.63) is 46.6 Å². The van der Waals surface area contributed by atoms with Crippen LogP contribution in [0, 0.1) is 13.8 Å². The van der Waals surface area contributed by atoms with Gasteiger partial charge in [0.1, 0.15) is 5.82 Å². The quantitative estimate of drug-likeness (QED) is 0.608. The minimum Gasteiger partial charge on any atom is -0.362 e. The topological polar surface area (TPSA) is 53.8 Å². The molecule has 28 heavy (non-hydrogen) atoms. The highest BCUT2D eigenvalue weighted by atomic mass is 32.2. The van der Waals surface area contributed by atoms with Gasteiger partial charge in [0.2, 0.25) is 0 Å². The largest absolute Gasteiger partial charge is 0.362 e. The van der Waals surface area contributed by atoms with Crippen LogP contribution in [0.15, 0.2) is 29.4 Å². The first-order chi connectivity index (χ1) is 13.3. The SMILES string of the molecule is Cc1nc(SCc2ccc(C(=O)N3CC[NH+](C)CC3)cc2)nc(N(C)C)c1C. The molecule has 0 aliphatic carbocycles. The van der Waals surface area contributed by atoms with E-state index in [9.17, 15) is 4.79 Å². The van der Waals surface area contributed by atoms with Crippen molar-refractivity contribution in [1.82, 2.24) is 14.9 Å². The summed E-state index contributed by atoms with van der Waals surface area (Å²) < 4.78 is 0. The van der Waals surface area contributed by atoms with E-state index in [4.69, 9.17) is 0 Å². The molecule has 1 aliphatic heterocycles. The lowest BCUT2D eigenvalue weighted by Gasteiger charge is -2.30. The van der Waals surface area contributed by atoms with E-state index < -0.39 is 0 Å². The van der Waals surface area contributed by atoms with Crippen molar-refractivity contribution in [1.29, 1.82) is 0 Å². The van der Waals surface area contributed by atoms with E-state index in [1.165, 1.54) is 4.90 Å². The molecule has 1 saturated heterocycles. The number of hydrogen-bond donors (Lipinski definition) is 1. The van der Waals surface area contributed by atoms with Crippen molar-refractivity contribution in [3.8, 4) is 0 Å². The smallest absolute Gasteiger partial charge is 0.254 e. The number of aryl methyl sites for hydroxylation is 1. The standard InChI is InChI=1S/C21H29N5OS/c1-15-16(2)22-21(23-19(15)24(3)4)28-14-17-6-8-18(9-7-17)20(27)26-12-10-25(5)11-13-26/h6-9H,10-14H2,1-5H3/p+1. The van der Waals surface area contributed by atoms with Crippen LogP contribution in [0.2, 0.25) is 0 Å². The number of rotatable bonds is 5. The predicted octanol–water partition coefficient (Wildman–Crippen LogP) is 1.42. The molecule has 0 radical (unpaired) electrons. The van der Waals surface area contributed by atoms with Gasteiger partial charge in [0.25, 0.3) is 5.91 Å². The summed E-state index contributed by atoms with van der Waals surface area (Å²) in [6.07, 6.45) is 0. The van der Waals surface area contributed by atoms with Gasteiger partial charge in [0.05, 0.1) is 33.2 Å². The van der Waals surface area contributed by atoms with Gasteiger partial charge in [-0.2, -0.15) is 0 Å². The van der Waals surface area contributed by atoms with Gasteiger partial charge in [-0.15, -0.1) is 0 Å². The number of hydrogen-bond acceptors (Lipinski definition) is 5. The fourth-order valence-electron chi connectivity index (χ4n) is 3.25. The number of piperazine rings is 1. The van der Waals surface area contributed by atoms with Crippen molar-refractivity contribution in [3.63, 3.8) is 0 Å². The minimum absolute atomic E-state index is 0.139. The summed E-state index contributed by atoms with van der Waals surface area (Å²) in [5.41, 5.74) is 4.06. The van der Waals surface area contributed by atoms with Gasteiger partial charge >= 0.3 is 0 Å². The highest BCUT2D eigenvalue weighted by Gasteiger charge is 2.22. The van der Waals surface area contributed by atoms with Gasteiger partial charge in [-0.25, -0.2) is 9.97 Å². The van der Waals surface area contributed by atoms with E-state index in [1.807, 2.05) is 55.1 Å². The molecule has 1 aliphatic rings. The molecule has 1 fully saturated rings. The summed E-state index contributed by atoms with van der Waals surface area (Å²) in [7, 11) is 6.18. The number of quaternary nitrogens is 1. The first kappa shape index (κ1) is 20.6. The monoisotopic (exact) mass is 400 g/mol. The molecule has 0 saturated carbocycles. The molecule has 2 aromatic rings. The summed E-state index contributed by atoms with van der Waals surface area (Å²) in [5, 5.41) is 0.784. The fraction of sp³-hybridized carbons (Fsp3) is 0.476. The predicted molar refractivity (Wildman–Crippen MR) is 114 cm³/mol. The lowest BCUT2D eigenvalue weighted by molar-refractivity contribution is -0.883. The zero-order valence-electron chi connectivity index (χ0n) is 17.5. The van der Waals surface area contributed by atoms with Gasteiger partial charge in [0.15, 0.2) is 5.16 Å². The molecule has 150 valence electrons. The molecular weight excluding hydrogens is 370 g/mol. The Balaban J connectivity index is 1.63. The molecule has 2 heterocycles. The third-order valence-electron chi connectivity index (χ3n) is 5.24. The molecule has 6 nitrogen and oxygen atoms in total. The van der Waals surface area contributed by atoms with E-state index in [0.717, 1.165) is 65.3 Å². The van der Waals surface area contributed by atoms with Crippen molar-refractivity contribution >= 4 is 23.5 Å². The van der Waals surface area contributed by atoms with Crippen LogP contribution in [0.1, 0.15) is 27.2 Å². The Kier molecular flexibility index (Phi) is 6.57. The van der Waals surface area contributed by atoms with Gasteiger partial charge in [0, 0.05) is 36.7 Å². The van der Waals surface area contributed by atoms with Crippen LogP contribution in [0.4, 0.5) is 5.82 Å².